The number of benzene rings is 3. The number of nitriles is 3. The summed E-state index contributed by atoms with van der Waals surface area (Å²) in [4.78, 5) is 55.0. The maximum atomic E-state index is 12.4. The molecule has 9 rings (SSSR count). The second-order valence-electron chi connectivity index (χ2n) is 19.3. The summed E-state index contributed by atoms with van der Waals surface area (Å²) in [5.74, 6) is -0.131. The van der Waals surface area contributed by atoms with Gasteiger partial charge in [0.1, 0.15) is 17.2 Å². The molecule has 0 fully saturated rings. The normalized spacial score (nSPS) is 13.3. The number of primary amides is 3. The number of hydrogen-bond acceptors (Lipinski definition) is 18. The summed E-state index contributed by atoms with van der Waals surface area (Å²) in [6, 6.07) is 21.5. The molecular formula is C64H67I2N12O9V-. The number of nitrogens with two attached hydrogens (primary N) is 3. The minimum absolute atomic E-state index is 0. The molecule has 88 heavy (non-hydrogen) atoms. The van der Waals surface area contributed by atoms with Crippen LogP contribution in [0.25, 0.3) is 22.0 Å². The van der Waals surface area contributed by atoms with Crippen molar-refractivity contribution >= 4 is 80.0 Å². The number of ether oxygens (including phenoxy) is 6. The third-order valence-electron chi connectivity index (χ3n) is 14.0. The summed E-state index contributed by atoms with van der Waals surface area (Å²) in [5.41, 5.74) is 30.5. The molecule has 8 N–H and O–H groups in total. The van der Waals surface area contributed by atoms with Gasteiger partial charge in [-0.3, -0.25) is 19.4 Å². The molecule has 3 amide bonds. The molecule has 0 saturated heterocycles. The number of hydrogen-bond donors (Lipinski definition) is 5. The van der Waals surface area contributed by atoms with Crippen LogP contribution in [-0.4, -0.2) is 78.8 Å². The van der Waals surface area contributed by atoms with Crippen molar-refractivity contribution in [2.24, 2.45) is 17.2 Å². The Hall–Kier alpha value is -8.68. The van der Waals surface area contributed by atoms with Gasteiger partial charge in [0.2, 0.25) is 29.5 Å². The molecule has 0 spiro atoms. The Bertz CT molecular complexity index is 3860. The van der Waals surface area contributed by atoms with Crippen LogP contribution in [0.4, 0.5) is 11.4 Å². The van der Waals surface area contributed by atoms with Crippen LogP contribution in [0.5, 0.6) is 34.9 Å². The Balaban J connectivity index is 0.000000234. The van der Waals surface area contributed by atoms with Crippen LogP contribution >= 0.6 is 40.0 Å². The molecule has 1 unspecified atom stereocenters. The first-order chi connectivity index (χ1) is 41.7. The molecule has 21 nitrogen and oxygen atoms in total. The summed E-state index contributed by atoms with van der Waals surface area (Å²) < 4.78 is 33.9. The van der Waals surface area contributed by atoms with Crippen molar-refractivity contribution < 1.29 is 52.3 Å². The first-order valence-electron chi connectivity index (χ1n) is 26.9. The Kier molecular flexibility index (Phi) is 25.3. The van der Waals surface area contributed by atoms with Gasteiger partial charge in [0.05, 0.1) is 133 Å². The van der Waals surface area contributed by atoms with E-state index in [1.54, 1.807) is 80.1 Å². The number of anilines is 2. The first kappa shape index (κ1) is 70.1. The number of rotatable bonds is 15. The van der Waals surface area contributed by atoms with Gasteiger partial charge >= 0.3 is 49.4 Å². The summed E-state index contributed by atoms with van der Waals surface area (Å²) in [5, 5.41) is 34.8. The molecule has 0 bridgehead atoms. The van der Waals surface area contributed by atoms with Crippen LogP contribution in [-0.2, 0) is 19.1 Å². The number of nitrogens with zero attached hydrogens (tertiary/aromatic N) is 7. The predicted octanol–water partition coefficient (Wildman–Crippen LogP) is 11.5. The van der Waals surface area contributed by atoms with Crippen LogP contribution < -0.4 is 56.3 Å². The molecule has 2 aliphatic heterocycles. The van der Waals surface area contributed by atoms with Crippen LogP contribution in [0.15, 0.2) is 95.7 Å². The summed E-state index contributed by atoms with van der Waals surface area (Å²) in [6.07, 6.45) is 5.14. The third-order valence-corrected chi connectivity index (χ3v) is 14.0. The van der Waals surface area contributed by atoms with Crippen molar-refractivity contribution in [2.45, 2.75) is 74.1 Å². The molecule has 0 saturated carbocycles. The minimum atomic E-state index is -0.614. The number of nitrogens with one attached hydrogen (secondary N) is 2. The Morgan fingerprint density at radius 3 is 1.33 bits per heavy atom. The van der Waals surface area contributed by atoms with E-state index in [1.807, 2.05) is 55.4 Å². The van der Waals surface area contributed by atoms with E-state index in [1.165, 1.54) is 21.3 Å². The summed E-state index contributed by atoms with van der Waals surface area (Å²) in [7, 11) is 5.19. The number of carbonyl (C=O) groups excluding carboxylic acids is 3. The fourth-order valence-corrected chi connectivity index (χ4v) is 10.4. The van der Waals surface area contributed by atoms with Gasteiger partial charge < -0.3 is 63.7 Å². The number of fused-ring (bicyclic) bond motifs is 3. The van der Waals surface area contributed by atoms with Crippen molar-refractivity contribution in [1.29, 1.82) is 15.8 Å². The number of methoxy groups -OCH3 is 3. The molecule has 3 aromatic carbocycles. The first-order valence-corrected chi connectivity index (χ1v) is 35.9. The van der Waals surface area contributed by atoms with Crippen LogP contribution in [0.1, 0.15) is 118 Å². The molecule has 0 aliphatic carbocycles. The zero-order valence-corrected chi connectivity index (χ0v) is 56.7. The average molecular weight is 1450 g/mol. The van der Waals surface area contributed by atoms with Crippen LogP contribution in [0, 0.1) is 69.1 Å². The van der Waals surface area contributed by atoms with E-state index in [2.05, 4.69) is 88.7 Å². The van der Waals surface area contributed by atoms with E-state index in [-0.39, 0.29) is 13.0 Å². The maximum absolute atomic E-state index is 12.4. The van der Waals surface area contributed by atoms with Crippen molar-refractivity contribution in [2.75, 3.05) is 51.8 Å². The van der Waals surface area contributed by atoms with Gasteiger partial charge in [-0.2, -0.15) is 15.8 Å². The molecule has 7 aromatic rings. The zero-order chi connectivity index (χ0) is 64.0. The second kappa shape index (κ2) is 31.8. The van der Waals surface area contributed by atoms with Crippen molar-refractivity contribution in [3.05, 3.63) is 170 Å². The number of aromatic nitrogens is 4. The fourth-order valence-electron chi connectivity index (χ4n) is 10.4. The number of amides is 3. The van der Waals surface area contributed by atoms with E-state index in [0.717, 1.165) is 39.2 Å². The average Bonchev–Trinajstić information content (AvgIpc) is 0.784. The van der Waals surface area contributed by atoms with Gasteiger partial charge in [-0.05, 0) is 121 Å². The second-order valence-corrected chi connectivity index (χ2v) is 31.1. The zero-order valence-electron chi connectivity index (χ0n) is 50.9. The van der Waals surface area contributed by atoms with Crippen molar-refractivity contribution in [1.82, 2.24) is 19.9 Å². The SMILES string of the molecule is CCOc1ncc(C)c2c1C(c1ccc(C#N)cc1OC)C(C(N)=O)=C(C)N2.CCOc1ncc(C)c2c1[C@@H](c1ccc(C#N)cc1OC)C(C(N)=O)=C(C)N2.CCOc1ncc(C)c2nc(C)c(C(N)=O)c(-c3ccc(C#N)cc3OC)c12.[CH3-].[I][V][I]. The number of halogens is 2. The Morgan fingerprint density at radius 2 is 0.955 bits per heavy atom. The van der Waals surface area contributed by atoms with E-state index < -0.39 is 29.6 Å². The molecule has 2 aliphatic rings. The molecular weight excluding hydrogens is 1390 g/mol. The third kappa shape index (κ3) is 14.8. The van der Waals surface area contributed by atoms with E-state index in [0.29, 0.717) is 142 Å². The summed E-state index contributed by atoms with van der Waals surface area (Å²) >= 11 is 4.74. The standard InChI is InChI=1S/2C21H22N4O3.C21H20N4O3.CH3.2HI.V/c3*1-5-28-21-18-17(14-7-6-13(9-22)8-15(14)27-4)16(20(23)26)12(3)25-19(18)11(2)10-24-21;;;;/h2*6-8,10,17,25H,5H2,1-4H3,(H2,23,26);6-8,10H,5H2,1-4H3,(H2,23,26);1H3;2*1H;/q;;;-1;;;+2/p-2/t17-;;;;;;/m0....../s1. The topological polar surface area (TPSA) is 332 Å². The fraction of sp³-hybridized carbons (Fsp3) is 0.266. The van der Waals surface area contributed by atoms with Crippen molar-refractivity contribution in [3.63, 3.8) is 0 Å². The summed E-state index contributed by atoms with van der Waals surface area (Å²) in [6.45, 7) is 18.0. The van der Waals surface area contributed by atoms with Crippen LogP contribution in [0.2, 0.25) is 0 Å². The monoisotopic (exact) mass is 1450 g/mol. The van der Waals surface area contributed by atoms with Crippen LogP contribution in [0.3, 0.4) is 0 Å². The van der Waals surface area contributed by atoms with Gasteiger partial charge in [0, 0.05) is 63.4 Å². The number of pyridine rings is 4. The number of allylic oxidation sites excluding steroid dienone is 2. The van der Waals surface area contributed by atoms with E-state index >= 15 is 0 Å². The van der Waals surface area contributed by atoms with E-state index in [4.69, 9.17) is 45.6 Å². The van der Waals surface area contributed by atoms with Gasteiger partial charge in [-0.25, -0.2) is 15.0 Å². The molecule has 6 heterocycles. The van der Waals surface area contributed by atoms with Gasteiger partial charge in [0.15, 0.2) is 0 Å². The Labute approximate surface area is 541 Å². The van der Waals surface area contributed by atoms with Crippen molar-refractivity contribution in [3.8, 4) is 64.2 Å². The molecule has 0 radical (unpaired) electrons. The Morgan fingerprint density at radius 1 is 0.580 bits per heavy atom. The van der Waals surface area contributed by atoms with E-state index in [9.17, 15) is 30.2 Å². The van der Waals surface area contributed by atoms with Gasteiger partial charge in [0.25, 0.3) is 5.91 Å². The van der Waals surface area contributed by atoms with Gasteiger partial charge in [-0.15, -0.1) is 0 Å². The molecule has 4 aromatic heterocycles. The number of aryl methyl sites for hydroxylation is 4. The molecule has 24 heteroatoms. The van der Waals surface area contributed by atoms with Gasteiger partial charge in [-0.1, -0.05) is 12.1 Å². The molecule has 457 valence electrons. The molecule has 2 atom stereocenters. The number of carbonyl (C=O) groups is 3. The quantitative estimate of drug-likeness (QED) is 0.0470. The predicted molar refractivity (Wildman–Crippen MR) is 350 cm³/mol.